The van der Waals surface area contributed by atoms with E-state index in [1.54, 1.807) is 48.9 Å². The SMILES string of the molecule is O=S(=O)(c1cccc2cccnc12)N1CCC(Oc2ccncc2)C1. The zero-order valence-corrected chi connectivity index (χ0v) is 14.3. The van der Waals surface area contributed by atoms with Crippen molar-refractivity contribution in [2.45, 2.75) is 17.4 Å². The molecule has 0 amide bonds. The second-order valence-corrected chi connectivity index (χ2v) is 7.81. The Labute approximate surface area is 146 Å². The normalized spacial score (nSPS) is 18.5. The molecule has 1 saturated heterocycles. The topological polar surface area (TPSA) is 72.4 Å². The van der Waals surface area contributed by atoms with Crippen LogP contribution in [0, 0.1) is 0 Å². The molecule has 1 aromatic carbocycles. The molecule has 1 aliphatic rings. The third kappa shape index (κ3) is 3.08. The first kappa shape index (κ1) is 16.0. The van der Waals surface area contributed by atoms with Crippen molar-refractivity contribution < 1.29 is 13.2 Å². The van der Waals surface area contributed by atoms with E-state index in [9.17, 15) is 8.42 Å². The van der Waals surface area contributed by atoms with Crippen LogP contribution in [0.15, 0.2) is 66.0 Å². The summed E-state index contributed by atoms with van der Waals surface area (Å²) in [6.07, 6.45) is 5.40. The Morgan fingerprint density at radius 2 is 1.84 bits per heavy atom. The highest BCUT2D eigenvalue weighted by Crippen LogP contribution is 2.27. The molecule has 0 aliphatic carbocycles. The molecular weight excluding hydrogens is 338 g/mol. The van der Waals surface area contributed by atoms with Gasteiger partial charge in [-0.2, -0.15) is 4.31 Å². The Kier molecular flexibility index (Phi) is 4.10. The monoisotopic (exact) mass is 355 g/mol. The van der Waals surface area contributed by atoms with Crippen LogP contribution >= 0.6 is 0 Å². The molecule has 6 nitrogen and oxygen atoms in total. The standard InChI is InChI=1S/C18H17N3O3S/c22-25(23,17-5-1-3-14-4-2-9-20-18(14)17)21-12-8-16(13-21)24-15-6-10-19-11-7-15/h1-7,9-11,16H,8,12-13H2. The van der Waals surface area contributed by atoms with Gasteiger partial charge in [0.2, 0.25) is 10.0 Å². The molecule has 2 aromatic heterocycles. The van der Waals surface area contributed by atoms with E-state index in [-0.39, 0.29) is 11.0 Å². The Bertz CT molecular complexity index is 987. The lowest BCUT2D eigenvalue weighted by Gasteiger charge is -2.18. The molecule has 128 valence electrons. The minimum absolute atomic E-state index is 0.167. The van der Waals surface area contributed by atoms with Crippen molar-refractivity contribution in [1.82, 2.24) is 14.3 Å². The second kappa shape index (κ2) is 6.42. The Hall–Kier alpha value is -2.51. The molecule has 4 rings (SSSR count). The van der Waals surface area contributed by atoms with Gasteiger partial charge in [-0.25, -0.2) is 8.42 Å². The van der Waals surface area contributed by atoms with Crippen LogP contribution in [0.1, 0.15) is 6.42 Å². The summed E-state index contributed by atoms with van der Waals surface area (Å²) in [7, 11) is -3.61. The van der Waals surface area contributed by atoms with Gasteiger partial charge >= 0.3 is 0 Å². The van der Waals surface area contributed by atoms with E-state index >= 15 is 0 Å². The molecule has 0 bridgehead atoms. The minimum Gasteiger partial charge on any atom is -0.489 e. The minimum atomic E-state index is -3.61. The molecule has 3 aromatic rings. The molecule has 1 unspecified atom stereocenters. The molecule has 3 heterocycles. The van der Waals surface area contributed by atoms with Crippen LogP contribution in [0.25, 0.3) is 10.9 Å². The number of hydrogen-bond donors (Lipinski definition) is 0. The van der Waals surface area contributed by atoms with Crippen LogP contribution < -0.4 is 4.74 Å². The van der Waals surface area contributed by atoms with Crippen molar-refractivity contribution in [3.8, 4) is 5.75 Å². The van der Waals surface area contributed by atoms with Gasteiger partial charge in [-0.1, -0.05) is 18.2 Å². The van der Waals surface area contributed by atoms with Crippen molar-refractivity contribution >= 4 is 20.9 Å². The Morgan fingerprint density at radius 3 is 2.68 bits per heavy atom. The molecule has 25 heavy (non-hydrogen) atoms. The fourth-order valence-corrected chi connectivity index (χ4v) is 4.70. The van der Waals surface area contributed by atoms with E-state index in [0.29, 0.717) is 30.8 Å². The highest BCUT2D eigenvalue weighted by molar-refractivity contribution is 7.89. The zero-order valence-electron chi connectivity index (χ0n) is 13.4. The molecular formula is C18H17N3O3S. The van der Waals surface area contributed by atoms with Crippen molar-refractivity contribution in [3.05, 3.63) is 61.1 Å². The van der Waals surface area contributed by atoms with E-state index in [1.807, 2.05) is 12.1 Å². The number of fused-ring (bicyclic) bond motifs is 1. The Morgan fingerprint density at radius 1 is 1.04 bits per heavy atom. The van der Waals surface area contributed by atoms with Gasteiger partial charge in [0.25, 0.3) is 0 Å². The van der Waals surface area contributed by atoms with Gasteiger partial charge in [0.15, 0.2) is 0 Å². The van der Waals surface area contributed by atoms with Crippen molar-refractivity contribution in [2.75, 3.05) is 13.1 Å². The van der Waals surface area contributed by atoms with Crippen molar-refractivity contribution in [2.24, 2.45) is 0 Å². The number of sulfonamides is 1. The second-order valence-electron chi connectivity index (χ2n) is 5.91. The average molecular weight is 355 g/mol. The van der Waals surface area contributed by atoms with Gasteiger partial charge in [-0.05, 0) is 30.7 Å². The van der Waals surface area contributed by atoms with E-state index in [0.717, 1.165) is 5.39 Å². The van der Waals surface area contributed by atoms with E-state index in [1.165, 1.54) is 4.31 Å². The predicted octanol–water partition coefficient (Wildman–Crippen LogP) is 2.47. The maximum absolute atomic E-state index is 13.1. The fourth-order valence-electron chi connectivity index (χ4n) is 3.04. The molecule has 7 heteroatoms. The maximum Gasteiger partial charge on any atom is 0.245 e. The third-order valence-electron chi connectivity index (χ3n) is 4.27. The number of ether oxygens (including phenoxy) is 1. The number of pyridine rings is 2. The summed E-state index contributed by atoms with van der Waals surface area (Å²) in [5, 5.41) is 0.812. The van der Waals surface area contributed by atoms with Gasteiger partial charge in [0.05, 0.1) is 12.1 Å². The van der Waals surface area contributed by atoms with E-state index in [4.69, 9.17) is 4.74 Å². The highest BCUT2D eigenvalue weighted by atomic mass is 32.2. The lowest BCUT2D eigenvalue weighted by molar-refractivity contribution is 0.215. The number of aromatic nitrogens is 2. The summed E-state index contributed by atoms with van der Waals surface area (Å²) >= 11 is 0. The van der Waals surface area contributed by atoms with Gasteiger partial charge in [0.1, 0.15) is 16.7 Å². The quantitative estimate of drug-likeness (QED) is 0.719. The summed E-state index contributed by atoms with van der Waals surface area (Å²) in [5.41, 5.74) is 0.503. The number of rotatable bonds is 4. The molecule has 0 spiro atoms. The first-order chi connectivity index (χ1) is 12.1. The molecule has 1 atom stereocenters. The average Bonchev–Trinajstić information content (AvgIpc) is 3.11. The molecule has 1 aliphatic heterocycles. The smallest absolute Gasteiger partial charge is 0.245 e. The van der Waals surface area contributed by atoms with Gasteiger partial charge in [-0.15, -0.1) is 0 Å². The lowest BCUT2D eigenvalue weighted by Crippen LogP contribution is -2.31. The maximum atomic E-state index is 13.1. The van der Waals surface area contributed by atoms with Crippen LogP contribution in [-0.2, 0) is 10.0 Å². The zero-order chi connectivity index (χ0) is 17.3. The molecule has 0 radical (unpaired) electrons. The predicted molar refractivity (Wildman–Crippen MR) is 93.8 cm³/mol. The van der Waals surface area contributed by atoms with Crippen LogP contribution in [0.4, 0.5) is 0 Å². The largest absolute Gasteiger partial charge is 0.489 e. The summed E-state index contributed by atoms with van der Waals surface area (Å²) in [4.78, 5) is 8.46. The Balaban J connectivity index is 1.59. The van der Waals surface area contributed by atoms with Crippen LogP contribution in [0.3, 0.4) is 0 Å². The highest BCUT2D eigenvalue weighted by Gasteiger charge is 2.34. The number of hydrogen-bond acceptors (Lipinski definition) is 5. The summed E-state index contributed by atoms with van der Waals surface area (Å²) in [6.45, 7) is 0.759. The molecule has 1 fully saturated rings. The van der Waals surface area contributed by atoms with Crippen molar-refractivity contribution in [1.29, 1.82) is 0 Å². The number of nitrogens with zero attached hydrogens (tertiary/aromatic N) is 3. The fraction of sp³-hybridized carbons (Fsp3) is 0.222. The van der Waals surface area contributed by atoms with Gasteiger partial charge in [-0.3, -0.25) is 9.97 Å². The number of benzene rings is 1. The summed E-state index contributed by atoms with van der Waals surface area (Å²) in [6, 6.07) is 12.4. The first-order valence-corrected chi connectivity index (χ1v) is 9.49. The van der Waals surface area contributed by atoms with Crippen LogP contribution in [-0.4, -0.2) is 41.9 Å². The van der Waals surface area contributed by atoms with Gasteiger partial charge in [0, 0.05) is 30.5 Å². The summed E-state index contributed by atoms with van der Waals surface area (Å²) in [5.74, 6) is 0.700. The third-order valence-corrected chi connectivity index (χ3v) is 6.17. The first-order valence-electron chi connectivity index (χ1n) is 8.05. The van der Waals surface area contributed by atoms with Crippen LogP contribution in [0.5, 0.6) is 5.75 Å². The number of para-hydroxylation sites is 1. The lowest BCUT2D eigenvalue weighted by atomic mass is 10.2. The van der Waals surface area contributed by atoms with Crippen molar-refractivity contribution in [3.63, 3.8) is 0 Å². The van der Waals surface area contributed by atoms with E-state index < -0.39 is 10.0 Å². The molecule has 0 saturated carbocycles. The summed E-state index contributed by atoms with van der Waals surface area (Å²) < 4.78 is 33.5. The van der Waals surface area contributed by atoms with Gasteiger partial charge < -0.3 is 4.74 Å². The molecule has 0 N–H and O–H groups in total. The van der Waals surface area contributed by atoms with Crippen LogP contribution in [0.2, 0.25) is 0 Å². The van der Waals surface area contributed by atoms with E-state index in [2.05, 4.69) is 9.97 Å².